The molecule has 5 N–H and O–H groups in total. The molecule has 1 atom stereocenters. The van der Waals surface area contributed by atoms with Crippen LogP contribution in [0.1, 0.15) is 207 Å². The van der Waals surface area contributed by atoms with Crippen LogP contribution in [0.5, 0.6) is 0 Å². The van der Waals surface area contributed by atoms with Crippen molar-refractivity contribution in [1.29, 1.82) is 0 Å². The quantitative estimate of drug-likeness (QED) is 0.128. The van der Waals surface area contributed by atoms with Gasteiger partial charge in [-0.25, -0.2) is 0 Å². The molecule has 53 heavy (non-hydrogen) atoms. The summed E-state index contributed by atoms with van der Waals surface area (Å²) in [5, 5.41) is 17.5. The maximum absolute atomic E-state index is 5.56. The molecular weight excluding hydrogens is 655 g/mol. The molecule has 0 amide bonds. The summed E-state index contributed by atoms with van der Waals surface area (Å²) in [5.41, 5.74) is 0.351. The summed E-state index contributed by atoms with van der Waals surface area (Å²) < 4.78 is 10.7. The minimum absolute atomic E-state index is 0.346. The Hall–Kier alpha value is -0.280. The van der Waals surface area contributed by atoms with Gasteiger partial charge in [0.25, 0.3) is 0 Å². The Bertz CT molecular complexity index is 692. The molecule has 2 heterocycles. The highest BCUT2D eigenvalue weighted by atomic mass is 16.5. The molecule has 0 aromatic heterocycles. The molecule has 5 rings (SSSR count). The van der Waals surface area contributed by atoms with Crippen molar-refractivity contribution in [2.24, 2.45) is 5.41 Å². The highest BCUT2D eigenvalue weighted by molar-refractivity contribution is 4.84. The summed E-state index contributed by atoms with van der Waals surface area (Å²) >= 11 is 0. The van der Waals surface area contributed by atoms with Gasteiger partial charge in [-0.15, -0.1) is 0 Å². The number of ether oxygens (including phenoxy) is 2. The first-order valence-electron chi connectivity index (χ1n) is 23.3. The fourth-order valence-electron chi connectivity index (χ4n) is 7.30. The van der Waals surface area contributed by atoms with E-state index in [1.54, 1.807) is 0 Å². The van der Waals surface area contributed by atoms with Crippen LogP contribution >= 0.6 is 0 Å². The van der Waals surface area contributed by atoms with Crippen LogP contribution in [0.4, 0.5) is 0 Å². The second-order valence-electron chi connectivity index (χ2n) is 17.3. The van der Waals surface area contributed by atoms with Gasteiger partial charge in [-0.3, -0.25) is 0 Å². The third-order valence-electron chi connectivity index (χ3n) is 10.2. The van der Waals surface area contributed by atoms with Gasteiger partial charge in [-0.1, -0.05) is 135 Å². The monoisotopic (exact) mass is 756 g/mol. The first-order chi connectivity index (χ1) is 25.3. The van der Waals surface area contributed by atoms with Gasteiger partial charge in [0.1, 0.15) is 0 Å². The molecular formula is C46H101N5O2. The van der Waals surface area contributed by atoms with Gasteiger partial charge in [0, 0.05) is 60.3 Å². The Morgan fingerprint density at radius 1 is 0.566 bits per heavy atom. The van der Waals surface area contributed by atoms with Crippen molar-refractivity contribution < 1.29 is 9.47 Å². The third-order valence-corrected chi connectivity index (χ3v) is 10.2. The van der Waals surface area contributed by atoms with Crippen LogP contribution in [0.2, 0.25) is 0 Å². The Morgan fingerprint density at radius 3 is 1.23 bits per heavy atom. The zero-order valence-corrected chi connectivity index (χ0v) is 38.9. The maximum atomic E-state index is 5.56. The minimum Gasteiger partial charge on any atom is -0.380 e. The lowest BCUT2D eigenvalue weighted by Crippen LogP contribution is -2.46. The molecule has 3 aliphatic carbocycles. The average molecular weight is 756 g/mol. The van der Waals surface area contributed by atoms with E-state index < -0.39 is 0 Å². The minimum atomic E-state index is 0.346. The lowest BCUT2D eigenvalue weighted by Gasteiger charge is -2.40. The highest BCUT2D eigenvalue weighted by Crippen LogP contribution is 2.31. The van der Waals surface area contributed by atoms with E-state index >= 15 is 0 Å². The van der Waals surface area contributed by atoms with Gasteiger partial charge in [0.15, 0.2) is 0 Å². The molecule has 322 valence electrons. The zero-order valence-electron chi connectivity index (χ0n) is 38.9. The summed E-state index contributed by atoms with van der Waals surface area (Å²) in [7, 11) is 0. The van der Waals surface area contributed by atoms with Gasteiger partial charge < -0.3 is 36.1 Å². The fourth-order valence-corrected chi connectivity index (χ4v) is 7.30. The van der Waals surface area contributed by atoms with E-state index in [4.69, 9.17) is 9.47 Å². The second-order valence-corrected chi connectivity index (χ2v) is 17.3. The standard InChI is InChI=1S/C9H19N.C9H18O2.C8H18N2.2C8H17N.2C2H6/c1-8(2)10-9-6-4-3-5-7-9;1-4-9(5-10-6-9)7-11-8(2)3;1-7(2)10-6-8-4-3-5-9-8;2*1-7(2)9-8-5-3-4-6-8;2*1-2/h8-10H,3-7H2,1-2H3;8H,4-7H2,1-3H3;7-10H,3-6H2,1-2H3;2*7-9H,3-6H2,1-2H3;2*1-2H3. The van der Waals surface area contributed by atoms with Crippen LogP contribution in [0.15, 0.2) is 0 Å². The molecule has 0 aromatic rings. The zero-order chi connectivity index (χ0) is 40.5. The first kappa shape index (κ1) is 54.8. The Balaban J connectivity index is 0. The van der Waals surface area contributed by atoms with Crippen molar-refractivity contribution in [1.82, 2.24) is 26.6 Å². The van der Waals surface area contributed by atoms with Crippen LogP contribution in [-0.2, 0) is 9.47 Å². The number of hydrogen-bond donors (Lipinski definition) is 5. The van der Waals surface area contributed by atoms with E-state index in [1.807, 2.05) is 27.7 Å². The van der Waals surface area contributed by atoms with Gasteiger partial charge in [-0.05, 0) is 78.2 Å². The number of rotatable bonds is 13. The van der Waals surface area contributed by atoms with Crippen LogP contribution in [-0.4, -0.2) is 87.3 Å². The Labute approximate surface area is 334 Å². The van der Waals surface area contributed by atoms with E-state index in [-0.39, 0.29) is 0 Å². The molecule has 0 bridgehead atoms. The molecule has 7 nitrogen and oxygen atoms in total. The van der Waals surface area contributed by atoms with E-state index in [9.17, 15) is 0 Å². The van der Waals surface area contributed by atoms with Gasteiger partial charge in [-0.2, -0.15) is 0 Å². The molecule has 0 aromatic carbocycles. The molecule has 0 radical (unpaired) electrons. The number of hydrogen-bond acceptors (Lipinski definition) is 7. The van der Waals surface area contributed by atoms with E-state index in [0.29, 0.717) is 35.7 Å². The molecule has 5 aliphatic rings. The largest absolute Gasteiger partial charge is 0.380 e. The lowest BCUT2D eigenvalue weighted by atomic mass is 9.84. The SMILES string of the molecule is CC.CC.CC(C)NC1CCCC1.CC(C)NC1CCCC1.CC(C)NC1CCCCC1.CC(C)NCC1CCCN1.CCC1(COC(C)C)COC1. The van der Waals surface area contributed by atoms with Crippen LogP contribution < -0.4 is 26.6 Å². The molecule has 7 heteroatoms. The summed E-state index contributed by atoms with van der Waals surface area (Å²) in [6.45, 7) is 37.0. The molecule has 3 saturated carbocycles. The topological polar surface area (TPSA) is 78.6 Å². The van der Waals surface area contributed by atoms with Crippen LogP contribution in [0.25, 0.3) is 0 Å². The van der Waals surface area contributed by atoms with E-state index in [0.717, 1.165) is 50.5 Å². The first-order valence-corrected chi connectivity index (χ1v) is 23.3. The van der Waals surface area contributed by atoms with E-state index in [1.165, 1.54) is 109 Å². The predicted molar refractivity (Wildman–Crippen MR) is 238 cm³/mol. The Morgan fingerprint density at radius 2 is 0.962 bits per heavy atom. The normalized spacial score (nSPS) is 21.2. The van der Waals surface area contributed by atoms with Crippen molar-refractivity contribution in [3.8, 4) is 0 Å². The van der Waals surface area contributed by atoms with Gasteiger partial charge in [0.2, 0.25) is 0 Å². The van der Waals surface area contributed by atoms with Gasteiger partial charge in [0.05, 0.1) is 25.9 Å². The fraction of sp³-hybridized carbons (Fsp3) is 1.00. The van der Waals surface area contributed by atoms with Crippen molar-refractivity contribution in [3.05, 3.63) is 0 Å². The summed E-state index contributed by atoms with van der Waals surface area (Å²) in [5.74, 6) is 0. The number of nitrogens with one attached hydrogen (secondary N) is 5. The molecule has 1 unspecified atom stereocenters. The predicted octanol–water partition coefficient (Wildman–Crippen LogP) is 10.8. The summed E-state index contributed by atoms with van der Waals surface area (Å²) in [4.78, 5) is 0. The third kappa shape index (κ3) is 32.5. The van der Waals surface area contributed by atoms with Crippen molar-refractivity contribution in [2.45, 2.75) is 261 Å². The maximum Gasteiger partial charge on any atom is 0.0570 e. The highest BCUT2D eigenvalue weighted by Gasteiger charge is 2.37. The van der Waals surface area contributed by atoms with Crippen LogP contribution in [0.3, 0.4) is 0 Å². The second kappa shape index (κ2) is 36.1. The van der Waals surface area contributed by atoms with Gasteiger partial charge >= 0.3 is 0 Å². The molecule has 0 spiro atoms. The summed E-state index contributed by atoms with van der Waals surface area (Å²) in [6.07, 6.45) is 22.7. The lowest BCUT2D eigenvalue weighted by molar-refractivity contribution is -0.157. The van der Waals surface area contributed by atoms with Crippen molar-refractivity contribution in [3.63, 3.8) is 0 Å². The van der Waals surface area contributed by atoms with Crippen molar-refractivity contribution in [2.75, 3.05) is 32.9 Å². The molecule has 5 fully saturated rings. The summed E-state index contributed by atoms with van der Waals surface area (Å²) in [6, 6.07) is 5.89. The average Bonchev–Trinajstić information content (AvgIpc) is 3.92. The Kier molecular flexibility index (Phi) is 37.3. The van der Waals surface area contributed by atoms with E-state index in [2.05, 4.69) is 103 Å². The van der Waals surface area contributed by atoms with Crippen molar-refractivity contribution >= 4 is 0 Å². The van der Waals surface area contributed by atoms with Crippen LogP contribution in [0, 0.1) is 5.41 Å². The molecule has 2 saturated heterocycles. The molecule has 2 aliphatic heterocycles. The smallest absolute Gasteiger partial charge is 0.0570 e.